The zero-order chi connectivity index (χ0) is 20.7. The molecule has 0 aromatic heterocycles. The summed E-state index contributed by atoms with van der Waals surface area (Å²) in [6.45, 7) is 1.97. The van der Waals surface area contributed by atoms with Gasteiger partial charge in [0, 0.05) is 0 Å². The molecule has 0 unspecified atom stereocenters. The van der Waals surface area contributed by atoms with Gasteiger partial charge in [0.05, 0.1) is 23.8 Å². The molecule has 1 fully saturated rings. The topological polar surface area (TPSA) is 33.0 Å². The minimum Gasteiger partial charge on any atom is -0.316 e. The van der Waals surface area contributed by atoms with Gasteiger partial charge in [0.25, 0.3) is 0 Å². The van der Waals surface area contributed by atoms with Crippen molar-refractivity contribution in [3.63, 3.8) is 0 Å². The summed E-state index contributed by atoms with van der Waals surface area (Å²) in [5, 5.41) is 8.80. The molecular formula is C25H27F2NO. The fraction of sp³-hybridized carbons (Fsp3) is 0.400. The average molecular weight is 395 g/mol. The molecule has 2 aromatic rings. The van der Waals surface area contributed by atoms with Gasteiger partial charge in [-0.05, 0) is 74.1 Å². The first-order valence-corrected chi connectivity index (χ1v) is 10.3. The number of hydrogen-bond acceptors (Lipinski definition) is 2. The van der Waals surface area contributed by atoms with Crippen molar-refractivity contribution in [3.8, 4) is 6.07 Å². The maximum absolute atomic E-state index is 14.4. The molecule has 29 heavy (non-hydrogen) atoms. The molecule has 4 heteroatoms. The van der Waals surface area contributed by atoms with Gasteiger partial charge in [-0.15, -0.1) is 0 Å². The maximum Gasteiger partial charge on any atom is 0.383 e. The summed E-state index contributed by atoms with van der Waals surface area (Å²) in [5.74, 6) is 1.11. The summed E-state index contributed by atoms with van der Waals surface area (Å²) in [4.78, 5) is 0. The van der Waals surface area contributed by atoms with Crippen LogP contribution in [0.2, 0.25) is 0 Å². The van der Waals surface area contributed by atoms with Crippen LogP contribution < -0.4 is 0 Å². The Morgan fingerprint density at radius 2 is 1.69 bits per heavy atom. The number of rotatable bonds is 7. The SMILES string of the molecule is CC=CC1CCC(c2ccc(C(F)(F)OCCc3ccc(C#N)cc3)cc2)CC1. The molecular weight excluding hydrogens is 368 g/mol. The first kappa shape index (κ1) is 21.2. The molecule has 0 heterocycles. The van der Waals surface area contributed by atoms with Crippen molar-refractivity contribution < 1.29 is 13.5 Å². The molecule has 2 aromatic carbocycles. The number of nitriles is 1. The van der Waals surface area contributed by atoms with Gasteiger partial charge in [0.2, 0.25) is 0 Å². The van der Waals surface area contributed by atoms with E-state index in [2.05, 4.69) is 19.1 Å². The van der Waals surface area contributed by atoms with Gasteiger partial charge in [-0.3, -0.25) is 0 Å². The van der Waals surface area contributed by atoms with Gasteiger partial charge in [-0.2, -0.15) is 14.0 Å². The quantitative estimate of drug-likeness (QED) is 0.488. The van der Waals surface area contributed by atoms with Crippen LogP contribution in [0, 0.1) is 17.2 Å². The van der Waals surface area contributed by atoms with Crippen LogP contribution in [0.5, 0.6) is 0 Å². The third-order valence-electron chi connectivity index (χ3n) is 5.71. The highest BCUT2D eigenvalue weighted by molar-refractivity contribution is 5.31. The highest BCUT2D eigenvalue weighted by Crippen LogP contribution is 2.37. The second kappa shape index (κ2) is 9.80. The Morgan fingerprint density at radius 3 is 2.28 bits per heavy atom. The van der Waals surface area contributed by atoms with Gasteiger partial charge >= 0.3 is 6.11 Å². The standard InChI is InChI=1S/C25H27F2NO/c1-2-3-19-8-10-22(11-9-19)23-12-14-24(15-13-23)25(26,27)29-17-16-20-4-6-21(18-28)7-5-20/h2-7,12-15,19,22H,8-11,16-17H2,1H3. The molecule has 3 rings (SSSR count). The van der Waals surface area contributed by atoms with Gasteiger partial charge in [-0.1, -0.05) is 48.6 Å². The van der Waals surface area contributed by atoms with E-state index >= 15 is 0 Å². The van der Waals surface area contributed by atoms with Crippen molar-refractivity contribution in [1.82, 2.24) is 0 Å². The van der Waals surface area contributed by atoms with Crippen LogP contribution >= 0.6 is 0 Å². The molecule has 0 atom stereocenters. The number of halogens is 2. The molecule has 0 aliphatic heterocycles. The number of benzene rings is 2. The lowest BCUT2D eigenvalue weighted by molar-refractivity contribution is -0.248. The van der Waals surface area contributed by atoms with Crippen molar-refractivity contribution in [2.45, 2.75) is 51.1 Å². The van der Waals surface area contributed by atoms with Gasteiger partial charge in [-0.25, -0.2) is 0 Å². The molecule has 1 aliphatic rings. The largest absolute Gasteiger partial charge is 0.383 e. The molecule has 0 radical (unpaired) electrons. The summed E-state index contributed by atoms with van der Waals surface area (Å²) in [6.07, 6.45) is 5.97. The van der Waals surface area contributed by atoms with Gasteiger partial charge in [0.1, 0.15) is 0 Å². The van der Waals surface area contributed by atoms with E-state index in [9.17, 15) is 8.78 Å². The van der Waals surface area contributed by atoms with Crippen LogP contribution in [0.25, 0.3) is 0 Å². The van der Waals surface area contributed by atoms with Crippen molar-refractivity contribution in [3.05, 3.63) is 82.9 Å². The zero-order valence-corrected chi connectivity index (χ0v) is 16.8. The van der Waals surface area contributed by atoms with E-state index in [1.165, 1.54) is 12.1 Å². The minimum atomic E-state index is -3.31. The lowest BCUT2D eigenvalue weighted by Crippen LogP contribution is -2.20. The second-order valence-electron chi connectivity index (χ2n) is 7.68. The Balaban J connectivity index is 1.53. The van der Waals surface area contributed by atoms with E-state index in [1.807, 2.05) is 18.2 Å². The smallest absolute Gasteiger partial charge is 0.316 e. The molecule has 1 aliphatic carbocycles. The Bertz CT molecular complexity index is 842. The minimum absolute atomic E-state index is 0.0877. The lowest BCUT2D eigenvalue weighted by atomic mass is 9.78. The number of allylic oxidation sites excluding steroid dienone is 2. The van der Waals surface area contributed by atoms with E-state index in [0.29, 0.717) is 23.8 Å². The summed E-state index contributed by atoms with van der Waals surface area (Å²) in [7, 11) is 0. The van der Waals surface area contributed by atoms with E-state index in [-0.39, 0.29) is 12.2 Å². The summed E-state index contributed by atoms with van der Waals surface area (Å²) in [6, 6.07) is 15.6. The molecule has 0 bridgehead atoms. The Hall–Kier alpha value is -2.51. The Kier molecular flexibility index (Phi) is 7.17. The second-order valence-corrected chi connectivity index (χ2v) is 7.68. The predicted octanol–water partition coefficient (Wildman–Crippen LogP) is 6.72. The number of nitrogens with zero attached hydrogens (tertiary/aromatic N) is 1. The van der Waals surface area contributed by atoms with Crippen LogP contribution in [0.4, 0.5) is 8.78 Å². The highest BCUT2D eigenvalue weighted by atomic mass is 19.3. The normalized spacial score (nSPS) is 19.9. The first-order valence-electron chi connectivity index (χ1n) is 10.3. The molecule has 2 nitrogen and oxygen atoms in total. The molecule has 1 saturated carbocycles. The Labute approximate surface area is 171 Å². The van der Waals surface area contributed by atoms with Crippen molar-refractivity contribution >= 4 is 0 Å². The average Bonchev–Trinajstić information content (AvgIpc) is 2.75. The fourth-order valence-corrected chi connectivity index (χ4v) is 3.99. The monoisotopic (exact) mass is 395 g/mol. The predicted molar refractivity (Wildman–Crippen MR) is 111 cm³/mol. The van der Waals surface area contributed by atoms with Crippen LogP contribution in [-0.2, 0) is 17.3 Å². The maximum atomic E-state index is 14.4. The van der Waals surface area contributed by atoms with E-state index in [1.54, 1.807) is 24.3 Å². The lowest BCUT2D eigenvalue weighted by Gasteiger charge is -2.27. The number of hydrogen-bond donors (Lipinski definition) is 0. The van der Waals surface area contributed by atoms with Crippen molar-refractivity contribution in [1.29, 1.82) is 5.26 Å². The van der Waals surface area contributed by atoms with Crippen molar-refractivity contribution in [2.24, 2.45) is 5.92 Å². The third kappa shape index (κ3) is 5.74. The van der Waals surface area contributed by atoms with Crippen LogP contribution in [0.1, 0.15) is 60.8 Å². The third-order valence-corrected chi connectivity index (χ3v) is 5.71. The number of ether oxygens (including phenoxy) is 1. The van der Waals surface area contributed by atoms with Gasteiger partial charge in [0.15, 0.2) is 0 Å². The van der Waals surface area contributed by atoms with E-state index < -0.39 is 6.11 Å². The van der Waals surface area contributed by atoms with Gasteiger partial charge < -0.3 is 4.74 Å². The van der Waals surface area contributed by atoms with E-state index in [4.69, 9.17) is 10.00 Å². The van der Waals surface area contributed by atoms with Crippen LogP contribution in [-0.4, -0.2) is 6.61 Å². The van der Waals surface area contributed by atoms with E-state index in [0.717, 1.165) is 36.8 Å². The molecule has 152 valence electrons. The van der Waals surface area contributed by atoms with Crippen LogP contribution in [0.15, 0.2) is 60.7 Å². The summed E-state index contributed by atoms with van der Waals surface area (Å²) in [5.41, 5.74) is 2.45. The summed E-state index contributed by atoms with van der Waals surface area (Å²) >= 11 is 0. The van der Waals surface area contributed by atoms with Crippen LogP contribution in [0.3, 0.4) is 0 Å². The molecule has 0 saturated heterocycles. The fourth-order valence-electron chi connectivity index (χ4n) is 3.99. The number of alkyl halides is 2. The summed E-state index contributed by atoms with van der Waals surface area (Å²) < 4.78 is 33.7. The first-order chi connectivity index (χ1) is 14.0. The van der Waals surface area contributed by atoms with Crippen molar-refractivity contribution in [2.75, 3.05) is 6.61 Å². The molecule has 0 spiro atoms. The zero-order valence-electron chi connectivity index (χ0n) is 16.8. The highest BCUT2D eigenvalue weighted by Gasteiger charge is 2.33. The molecule has 0 amide bonds. The molecule has 0 N–H and O–H groups in total. The Morgan fingerprint density at radius 1 is 1.03 bits per heavy atom.